The van der Waals surface area contributed by atoms with Crippen molar-refractivity contribution in [1.82, 2.24) is 0 Å². The Labute approximate surface area is 108 Å². The fraction of sp³-hybridized carbons (Fsp3) is 1.00. The van der Waals surface area contributed by atoms with Gasteiger partial charge >= 0.3 is 6.18 Å². The Hall–Kier alpha value is 0.147. The van der Waals surface area contributed by atoms with Crippen molar-refractivity contribution in [2.75, 3.05) is 26.2 Å². The number of hydrogen-bond donors (Lipinski definition) is 0. The van der Waals surface area contributed by atoms with Crippen molar-refractivity contribution in [2.24, 2.45) is 8.18 Å². The number of halogens is 3. The molecule has 0 spiro atoms. The lowest BCUT2D eigenvalue weighted by atomic mass is 10.7. The Kier molecular flexibility index (Phi) is 5.69. The van der Waals surface area contributed by atoms with Crippen LogP contribution in [0.2, 0.25) is 19.6 Å². The third-order valence-electron chi connectivity index (χ3n) is 1.34. The van der Waals surface area contributed by atoms with E-state index in [1.807, 2.05) is 19.6 Å². The molecule has 0 heterocycles. The molecule has 0 radical (unpaired) electrons. The van der Waals surface area contributed by atoms with E-state index in [1.165, 1.54) is 19.6 Å². The van der Waals surface area contributed by atoms with E-state index in [-0.39, 0.29) is 0 Å². The Morgan fingerprint density at radius 1 is 1.28 bits per heavy atom. The highest BCUT2D eigenvalue weighted by Crippen LogP contribution is 2.45. The Morgan fingerprint density at radius 3 is 2.06 bits per heavy atom. The van der Waals surface area contributed by atoms with Crippen LogP contribution in [0.1, 0.15) is 0 Å². The second-order valence-electron chi connectivity index (χ2n) is 5.29. The molecule has 18 heavy (non-hydrogen) atoms. The van der Waals surface area contributed by atoms with E-state index in [1.54, 1.807) is 0 Å². The number of hydrogen-bond acceptors (Lipinski definition) is 3. The summed E-state index contributed by atoms with van der Waals surface area (Å²) in [6.07, 6.45) is -3.07. The van der Waals surface area contributed by atoms with Gasteiger partial charge in [0.15, 0.2) is 8.24 Å². The molecule has 0 aliphatic rings. The SMILES string of the molecule is C[Si](C)(C)N=S(C)(=O)N=P(C)(C)OCC(F)(F)F. The second kappa shape index (κ2) is 5.64. The minimum Gasteiger partial charge on any atom is -0.334 e. The molecule has 1 unspecified atom stereocenters. The lowest BCUT2D eigenvalue weighted by Gasteiger charge is -2.18. The minimum atomic E-state index is -4.41. The molecule has 0 bridgehead atoms. The van der Waals surface area contributed by atoms with Gasteiger partial charge in [-0.15, -0.1) is 0 Å². The van der Waals surface area contributed by atoms with Gasteiger partial charge in [-0.2, -0.15) is 17.3 Å². The molecular weight excluding hydrogens is 304 g/mol. The van der Waals surface area contributed by atoms with Crippen LogP contribution in [0, 0.1) is 0 Å². The summed E-state index contributed by atoms with van der Waals surface area (Å²) in [5.74, 6) is 0. The Balaban J connectivity index is 5.18. The topological polar surface area (TPSA) is 51.0 Å². The molecule has 0 aromatic rings. The molecule has 10 heteroatoms. The zero-order valence-corrected chi connectivity index (χ0v) is 14.1. The summed E-state index contributed by atoms with van der Waals surface area (Å²) in [7, 11) is -7.49. The maximum Gasteiger partial charge on any atom is 0.412 e. The molecule has 0 saturated heterocycles. The lowest BCUT2D eigenvalue weighted by Crippen LogP contribution is -2.19. The highest BCUT2D eigenvalue weighted by atomic mass is 32.2. The summed E-state index contributed by atoms with van der Waals surface area (Å²) in [5, 5.41) is 0. The summed E-state index contributed by atoms with van der Waals surface area (Å²) in [6, 6.07) is 0. The van der Waals surface area contributed by atoms with Gasteiger partial charge in [0, 0.05) is 6.26 Å². The van der Waals surface area contributed by atoms with Crippen molar-refractivity contribution < 1.29 is 21.9 Å². The molecule has 0 aromatic carbocycles. The Bertz CT molecular complexity index is 458. The van der Waals surface area contributed by atoms with Gasteiger partial charge in [0.25, 0.3) is 0 Å². The molecule has 0 amide bonds. The molecule has 110 valence electrons. The fourth-order valence-corrected chi connectivity index (χ4v) is 9.26. The number of nitrogens with zero attached hydrogens (tertiary/aromatic N) is 2. The second-order valence-corrected chi connectivity index (χ2v) is 15.4. The summed E-state index contributed by atoms with van der Waals surface area (Å²) in [4.78, 5) is 0. The van der Waals surface area contributed by atoms with Gasteiger partial charge in [-0.25, -0.2) is 4.21 Å². The first-order chi connectivity index (χ1) is 7.62. The fourth-order valence-electron chi connectivity index (χ4n) is 1.15. The van der Waals surface area contributed by atoms with Crippen molar-refractivity contribution >= 4 is 25.4 Å². The summed E-state index contributed by atoms with van der Waals surface area (Å²) < 4.78 is 61.1. The molecule has 0 saturated carbocycles. The zero-order chi connectivity index (χ0) is 14.8. The van der Waals surface area contributed by atoms with Crippen LogP contribution in [0.5, 0.6) is 0 Å². The third-order valence-corrected chi connectivity index (χ3v) is 8.43. The van der Waals surface area contributed by atoms with Gasteiger partial charge in [-0.05, 0) is 33.0 Å². The van der Waals surface area contributed by atoms with E-state index in [0.717, 1.165) is 0 Å². The first-order valence-electron chi connectivity index (χ1n) is 5.15. The molecular formula is C8H20F3N2O2PSSi. The summed E-state index contributed by atoms with van der Waals surface area (Å²) in [6.45, 7) is 7.16. The number of alkyl halides is 3. The highest BCUT2D eigenvalue weighted by Gasteiger charge is 2.30. The van der Waals surface area contributed by atoms with Crippen LogP contribution < -0.4 is 0 Å². The smallest absolute Gasteiger partial charge is 0.334 e. The normalized spacial score (nSPS) is 17.2. The molecule has 0 aliphatic heterocycles. The van der Waals surface area contributed by atoms with E-state index in [0.29, 0.717) is 0 Å². The van der Waals surface area contributed by atoms with Gasteiger partial charge in [0.05, 0.1) is 7.28 Å². The molecule has 1 atom stereocenters. The van der Waals surface area contributed by atoms with Crippen LogP contribution in [0.25, 0.3) is 0 Å². The molecule has 0 aliphatic carbocycles. The van der Waals surface area contributed by atoms with Crippen LogP contribution in [0.4, 0.5) is 13.2 Å². The predicted octanol–water partition coefficient (Wildman–Crippen LogP) is 3.79. The average molecular weight is 324 g/mol. The van der Waals surface area contributed by atoms with E-state index in [4.69, 9.17) is 4.52 Å². The monoisotopic (exact) mass is 324 g/mol. The summed E-state index contributed by atoms with van der Waals surface area (Å²) >= 11 is 0. The lowest BCUT2D eigenvalue weighted by molar-refractivity contribution is -0.152. The molecule has 0 N–H and O–H groups in total. The van der Waals surface area contributed by atoms with Crippen LogP contribution in [0.15, 0.2) is 8.18 Å². The van der Waals surface area contributed by atoms with Crippen LogP contribution >= 0.6 is 7.28 Å². The van der Waals surface area contributed by atoms with Crippen molar-refractivity contribution in [3.8, 4) is 0 Å². The van der Waals surface area contributed by atoms with Crippen molar-refractivity contribution in [2.45, 2.75) is 25.8 Å². The number of rotatable bonds is 4. The van der Waals surface area contributed by atoms with Gasteiger partial charge in [0.2, 0.25) is 0 Å². The van der Waals surface area contributed by atoms with Crippen molar-refractivity contribution in [3.63, 3.8) is 0 Å². The van der Waals surface area contributed by atoms with Gasteiger partial charge in [0.1, 0.15) is 16.5 Å². The first-order valence-corrected chi connectivity index (χ1v) is 13.0. The van der Waals surface area contributed by atoms with Crippen LogP contribution in [-0.2, 0) is 14.4 Å². The maximum absolute atomic E-state index is 12.1. The molecule has 4 nitrogen and oxygen atoms in total. The third kappa shape index (κ3) is 10.1. The Morgan fingerprint density at radius 2 is 1.72 bits per heavy atom. The van der Waals surface area contributed by atoms with E-state index >= 15 is 0 Å². The molecule has 0 rings (SSSR count). The standard InChI is InChI=1S/C8H20F3N2O2PSSi/c1-16(2,15-7-8(9,10)11)12-17(3,14)13-18(4,5)6/h7H2,1-6H3. The molecule has 0 aromatic heterocycles. The van der Waals surface area contributed by atoms with Crippen LogP contribution in [-0.4, -0.2) is 44.8 Å². The largest absolute Gasteiger partial charge is 0.412 e. The quantitative estimate of drug-likeness (QED) is 0.583. The molecule has 0 fully saturated rings. The van der Waals surface area contributed by atoms with Crippen LogP contribution in [0.3, 0.4) is 0 Å². The maximum atomic E-state index is 12.1. The van der Waals surface area contributed by atoms with E-state index in [2.05, 4.69) is 8.18 Å². The minimum absolute atomic E-state index is 1.34. The highest BCUT2D eigenvalue weighted by molar-refractivity contribution is 7.95. The van der Waals surface area contributed by atoms with Gasteiger partial charge in [-0.3, -0.25) is 4.03 Å². The van der Waals surface area contributed by atoms with Gasteiger partial charge < -0.3 is 4.52 Å². The van der Waals surface area contributed by atoms with Crippen molar-refractivity contribution in [1.29, 1.82) is 0 Å². The predicted molar refractivity (Wildman–Crippen MR) is 73.0 cm³/mol. The van der Waals surface area contributed by atoms with E-state index in [9.17, 15) is 17.4 Å². The zero-order valence-electron chi connectivity index (χ0n) is 11.4. The average Bonchev–Trinajstić information content (AvgIpc) is 1.91. The first kappa shape index (κ1) is 18.1. The summed E-state index contributed by atoms with van der Waals surface area (Å²) in [5.41, 5.74) is 0. The van der Waals surface area contributed by atoms with E-state index < -0.39 is 38.2 Å². The van der Waals surface area contributed by atoms with Gasteiger partial charge in [-0.1, -0.05) is 0 Å². The van der Waals surface area contributed by atoms with Crippen molar-refractivity contribution in [3.05, 3.63) is 0 Å².